The predicted molar refractivity (Wildman–Crippen MR) is 25.6 cm³/mol. The fourth-order valence-corrected chi connectivity index (χ4v) is 0.145. The second-order valence-corrected chi connectivity index (χ2v) is 1.01. The van der Waals surface area contributed by atoms with Crippen LogP contribution >= 0.6 is 0 Å². The third-order valence-corrected chi connectivity index (χ3v) is 0.451. The standard InChI is InChI=1S/C3H6N2O4/c1-8-3(7)9-5(4)2-6/h2H,4H2,1H3. The first kappa shape index (κ1) is 7.70. The number of rotatable bonds is 2. The third kappa shape index (κ3) is 3.30. The largest absolute Gasteiger partial charge is 0.534 e. The molecule has 9 heavy (non-hydrogen) atoms. The van der Waals surface area contributed by atoms with Crippen LogP contribution in [0, 0.1) is 0 Å². The number of hydrogen-bond acceptors (Lipinski definition) is 5. The molecule has 0 bridgehead atoms. The minimum Gasteiger partial charge on any atom is -0.436 e. The molecule has 0 saturated heterocycles. The summed E-state index contributed by atoms with van der Waals surface area (Å²) in [4.78, 5) is 23.6. The number of amides is 1. The van der Waals surface area contributed by atoms with Gasteiger partial charge in [0.1, 0.15) is 0 Å². The number of ether oxygens (including phenoxy) is 1. The van der Waals surface area contributed by atoms with Crippen LogP contribution < -0.4 is 5.84 Å². The molecule has 0 fully saturated rings. The molecule has 0 spiro atoms. The minimum atomic E-state index is -1.04. The monoisotopic (exact) mass is 134 g/mol. The maximum Gasteiger partial charge on any atom is 0.534 e. The topological polar surface area (TPSA) is 81.9 Å². The molecular formula is C3H6N2O4. The summed E-state index contributed by atoms with van der Waals surface area (Å²) >= 11 is 0. The second-order valence-electron chi connectivity index (χ2n) is 1.01. The number of nitrogens with two attached hydrogens (primary N) is 1. The summed E-state index contributed by atoms with van der Waals surface area (Å²) in [6, 6.07) is 0. The summed E-state index contributed by atoms with van der Waals surface area (Å²) in [7, 11) is 1.10. The summed E-state index contributed by atoms with van der Waals surface area (Å²) in [5.74, 6) is 4.69. The van der Waals surface area contributed by atoms with Gasteiger partial charge in [0.25, 0.3) is 6.41 Å². The summed E-state index contributed by atoms with van der Waals surface area (Å²) < 4.78 is 3.98. The van der Waals surface area contributed by atoms with Crippen molar-refractivity contribution >= 4 is 12.6 Å². The van der Waals surface area contributed by atoms with Gasteiger partial charge in [-0.15, -0.1) is 5.17 Å². The molecule has 0 aromatic carbocycles. The van der Waals surface area contributed by atoms with E-state index in [1.54, 1.807) is 0 Å². The third-order valence-electron chi connectivity index (χ3n) is 0.451. The fraction of sp³-hybridized carbons (Fsp3) is 0.333. The molecule has 0 aliphatic carbocycles. The van der Waals surface area contributed by atoms with Crippen molar-refractivity contribution in [1.29, 1.82) is 0 Å². The van der Waals surface area contributed by atoms with Gasteiger partial charge in [-0.3, -0.25) is 9.63 Å². The fourth-order valence-electron chi connectivity index (χ4n) is 0.145. The van der Waals surface area contributed by atoms with E-state index < -0.39 is 6.16 Å². The van der Waals surface area contributed by atoms with Crippen LogP contribution in [0.4, 0.5) is 4.79 Å². The molecule has 6 heteroatoms. The number of carbonyl (C=O) groups excluding carboxylic acids is 2. The molecule has 0 saturated carbocycles. The lowest BCUT2D eigenvalue weighted by molar-refractivity contribution is -0.158. The number of carbonyl (C=O) groups is 2. The molecule has 0 aliphatic rings. The summed E-state index contributed by atoms with van der Waals surface area (Å²) in [6.07, 6.45) is -0.915. The summed E-state index contributed by atoms with van der Waals surface area (Å²) in [5, 5.41) is 0.200. The SMILES string of the molecule is COC(=O)ON(N)C=O. The lowest BCUT2D eigenvalue weighted by atomic mass is 11.3. The van der Waals surface area contributed by atoms with Crippen LogP contribution in [0.25, 0.3) is 0 Å². The molecule has 2 N–H and O–H groups in total. The molecule has 6 nitrogen and oxygen atoms in total. The molecule has 0 radical (unpaired) electrons. The van der Waals surface area contributed by atoms with Crippen molar-refractivity contribution in [2.75, 3.05) is 7.11 Å². The van der Waals surface area contributed by atoms with E-state index in [1.165, 1.54) is 0 Å². The Hall–Kier alpha value is -1.30. The lowest BCUT2D eigenvalue weighted by Gasteiger charge is -2.06. The van der Waals surface area contributed by atoms with Crippen molar-refractivity contribution in [3.8, 4) is 0 Å². The van der Waals surface area contributed by atoms with E-state index >= 15 is 0 Å². The summed E-state index contributed by atoms with van der Waals surface area (Å²) in [6.45, 7) is 0. The van der Waals surface area contributed by atoms with Gasteiger partial charge < -0.3 is 4.74 Å². The van der Waals surface area contributed by atoms with Crippen LogP contribution in [0.5, 0.6) is 0 Å². The highest BCUT2D eigenvalue weighted by Crippen LogP contribution is 1.80. The average Bonchev–Trinajstić information content (AvgIpc) is 1.87. The number of hydroxylamine groups is 1. The molecule has 0 rings (SSSR count). The van der Waals surface area contributed by atoms with Gasteiger partial charge in [-0.25, -0.2) is 10.6 Å². The van der Waals surface area contributed by atoms with Gasteiger partial charge in [0.2, 0.25) is 0 Å². The van der Waals surface area contributed by atoms with Crippen molar-refractivity contribution in [2.24, 2.45) is 5.84 Å². The van der Waals surface area contributed by atoms with Crippen molar-refractivity contribution in [2.45, 2.75) is 0 Å². The Balaban J connectivity index is 3.46. The maximum absolute atomic E-state index is 10.1. The highest BCUT2D eigenvalue weighted by atomic mass is 16.8. The van der Waals surface area contributed by atoms with E-state index in [0.29, 0.717) is 0 Å². The van der Waals surface area contributed by atoms with E-state index in [2.05, 4.69) is 9.57 Å². The lowest BCUT2D eigenvalue weighted by Crippen LogP contribution is -2.32. The quantitative estimate of drug-likeness (QED) is 0.172. The Morgan fingerprint density at radius 3 is 2.67 bits per heavy atom. The van der Waals surface area contributed by atoms with Crippen LogP contribution in [0.1, 0.15) is 0 Å². The Labute approximate surface area is 51.0 Å². The van der Waals surface area contributed by atoms with Crippen LogP contribution in [0.15, 0.2) is 0 Å². The molecule has 1 amide bonds. The normalized spacial score (nSPS) is 7.78. The Bertz CT molecular complexity index is 114. The van der Waals surface area contributed by atoms with E-state index in [0.717, 1.165) is 7.11 Å². The van der Waals surface area contributed by atoms with Gasteiger partial charge in [0, 0.05) is 0 Å². The Morgan fingerprint density at radius 2 is 2.33 bits per heavy atom. The molecule has 0 aromatic rings. The Morgan fingerprint density at radius 1 is 1.78 bits per heavy atom. The van der Waals surface area contributed by atoms with Gasteiger partial charge in [-0.1, -0.05) is 0 Å². The van der Waals surface area contributed by atoms with Crippen LogP contribution in [-0.4, -0.2) is 24.8 Å². The number of hydrazine groups is 1. The zero-order valence-electron chi connectivity index (χ0n) is 4.73. The summed E-state index contributed by atoms with van der Waals surface area (Å²) in [5.41, 5.74) is 0. The van der Waals surface area contributed by atoms with Crippen molar-refractivity contribution < 1.29 is 19.2 Å². The molecule has 0 aliphatic heterocycles. The average molecular weight is 134 g/mol. The van der Waals surface area contributed by atoms with Crippen LogP contribution in [0.2, 0.25) is 0 Å². The smallest absolute Gasteiger partial charge is 0.436 e. The van der Waals surface area contributed by atoms with Gasteiger partial charge in [-0.05, 0) is 0 Å². The zero-order chi connectivity index (χ0) is 7.28. The van der Waals surface area contributed by atoms with Gasteiger partial charge in [0.15, 0.2) is 0 Å². The first-order valence-corrected chi connectivity index (χ1v) is 1.96. The van der Waals surface area contributed by atoms with Gasteiger partial charge in [0.05, 0.1) is 7.11 Å². The number of nitrogens with zero attached hydrogens (tertiary/aromatic N) is 1. The van der Waals surface area contributed by atoms with Crippen molar-refractivity contribution in [1.82, 2.24) is 5.17 Å². The van der Waals surface area contributed by atoms with Crippen molar-refractivity contribution in [3.63, 3.8) is 0 Å². The van der Waals surface area contributed by atoms with E-state index in [9.17, 15) is 9.59 Å². The maximum atomic E-state index is 10.1. The van der Waals surface area contributed by atoms with Gasteiger partial charge in [-0.2, -0.15) is 0 Å². The Kier molecular flexibility index (Phi) is 3.14. The highest BCUT2D eigenvalue weighted by molar-refractivity contribution is 5.60. The highest BCUT2D eigenvalue weighted by Gasteiger charge is 2.03. The molecule has 52 valence electrons. The number of methoxy groups -OCH3 is 1. The molecular weight excluding hydrogens is 128 g/mol. The second kappa shape index (κ2) is 3.67. The minimum absolute atomic E-state index is 0.122. The zero-order valence-corrected chi connectivity index (χ0v) is 4.73. The first-order chi connectivity index (χ1) is 4.20. The molecule has 0 aromatic heterocycles. The molecule has 0 unspecified atom stereocenters. The number of hydrogen-bond donors (Lipinski definition) is 1. The van der Waals surface area contributed by atoms with E-state index in [1.807, 2.05) is 0 Å². The van der Waals surface area contributed by atoms with Crippen LogP contribution in [0.3, 0.4) is 0 Å². The van der Waals surface area contributed by atoms with E-state index in [4.69, 9.17) is 5.84 Å². The predicted octanol–water partition coefficient (Wildman–Crippen LogP) is -0.984. The molecule has 0 heterocycles. The van der Waals surface area contributed by atoms with Crippen LogP contribution in [-0.2, 0) is 14.4 Å². The van der Waals surface area contributed by atoms with Gasteiger partial charge >= 0.3 is 6.16 Å². The van der Waals surface area contributed by atoms with Crippen molar-refractivity contribution in [3.05, 3.63) is 0 Å². The van der Waals surface area contributed by atoms with E-state index in [-0.39, 0.29) is 11.6 Å². The molecule has 0 atom stereocenters. The first-order valence-electron chi connectivity index (χ1n) is 1.96.